The number of para-hydroxylation sites is 1. The number of benzene rings is 1. The summed E-state index contributed by atoms with van der Waals surface area (Å²) in [4.78, 5) is 4.67. The number of fused-ring (bicyclic) bond motifs is 1. The zero-order valence-electron chi connectivity index (χ0n) is 12.6. The Balaban J connectivity index is 2.24. The zero-order chi connectivity index (χ0) is 14.4. The van der Waals surface area contributed by atoms with Gasteiger partial charge in [0.25, 0.3) is 0 Å². The monoisotopic (exact) mass is 272 g/mol. The molecule has 0 radical (unpaired) electrons. The van der Waals surface area contributed by atoms with Crippen LogP contribution < -0.4 is 10.1 Å². The molecule has 0 spiro atoms. The molecule has 0 aliphatic rings. The Morgan fingerprint density at radius 3 is 2.80 bits per heavy atom. The highest BCUT2D eigenvalue weighted by Crippen LogP contribution is 2.25. The Kier molecular flexibility index (Phi) is 5.36. The maximum Gasteiger partial charge on any atom is 0.130 e. The van der Waals surface area contributed by atoms with Gasteiger partial charge in [-0.3, -0.25) is 4.98 Å². The lowest BCUT2D eigenvalue weighted by atomic mass is 10.1. The van der Waals surface area contributed by atoms with Gasteiger partial charge in [-0.05, 0) is 31.0 Å². The first kappa shape index (κ1) is 14.8. The number of nitrogens with one attached hydrogen (secondary N) is 1. The third kappa shape index (κ3) is 3.94. The van der Waals surface area contributed by atoms with Crippen LogP contribution in [0.4, 0.5) is 0 Å². The second-order valence-corrected chi connectivity index (χ2v) is 5.44. The molecule has 1 N–H and O–H groups in total. The molecule has 108 valence electrons. The smallest absolute Gasteiger partial charge is 0.130 e. The number of ether oxygens (including phenoxy) is 1. The van der Waals surface area contributed by atoms with Crippen LogP contribution in [0.3, 0.4) is 0 Å². The summed E-state index contributed by atoms with van der Waals surface area (Å²) >= 11 is 0. The van der Waals surface area contributed by atoms with Crippen molar-refractivity contribution in [1.82, 2.24) is 10.3 Å². The average Bonchev–Trinajstić information content (AvgIpc) is 2.44. The van der Waals surface area contributed by atoms with Crippen molar-refractivity contribution >= 4 is 10.9 Å². The van der Waals surface area contributed by atoms with Crippen molar-refractivity contribution in [3.63, 3.8) is 0 Å². The lowest BCUT2D eigenvalue weighted by Gasteiger charge is -2.12. The molecule has 20 heavy (non-hydrogen) atoms. The summed E-state index contributed by atoms with van der Waals surface area (Å²) in [5.74, 6) is 1.61. The summed E-state index contributed by atoms with van der Waals surface area (Å²) in [5, 5.41) is 4.41. The van der Waals surface area contributed by atoms with Crippen molar-refractivity contribution in [2.24, 2.45) is 5.92 Å². The van der Waals surface area contributed by atoms with Crippen LogP contribution in [-0.4, -0.2) is 18.1 Å². The van der Waals surface area contributed by atoms with Crippen LogP contribution in [0.15, 0.2) is 30.3 Å². The van der Waals surface area contributed by atoms with E-state index in [4.69, 9.17) is 4.74 Å². The highest BCUT2D eigenvalue weighted by Gasteiger charge is 2.07. The molecule has 2 aromatic rings. The minimum Gasteiger partial charge on any atom is -0.493 e. The summed E-state index contributed by atoms with van der Waals surface area (Å²) in [5.41, 5.74) is 2.03. The Morgan fingerprint density at radius 1 is 1.25 bits per heavy atom. The molecule has 0 aliphatic carbocycles. The van der Waals surface area contributed by atoms with Crippen LogP contribution in [0.5, 0.6) is 5.75 Å². The van der Waals surface area contributed by atoms with Crippen molar-refractivity contribution in [3.8, 4) is 5.75 Å². The second-order valence-electron chi connectivity index (χ2n) is 5.44. The number of pyridine rings is 1. The van der Waals surface area contributed by atoms with Gasteiger partial charge in [0.05, 0.1) is 17.8 Å². The second kappa shape index (κ2) is 7.25. The van der Waals surface area contributed by atoms with E-state index in [9.17, 15) is 0 Å². The third-order valence-corrected chi connectivity index (χ3v) is 3.24. The molecule has 3 heteroatoms. The Bertz CT molecular complexity index is 552. The van der Waals surface area contributed by atoms with E-state index in [0.29, 0.717) is 5.92 Å². The number of nitrogens with zero attached hydrogens (tertiary/aromatic N) is 1. The highest BCUT2D eigenvalue weighted by molar-refractivity contribution is 5.85. The van der Waals surface area contributed by atoms with E-state index in [1.165, 1.54) is 0 Å². The van der Waals surface area contributed by atoms with Crippen molar-refractivity contribution in [3.05, 3.63) is 36.0 Å². The number of hydrogen-bond donors (Lipinski definition) is 1. The SMILES string of the molecule is CCNCc1cc(OCCC(C)C)c2ccccc2n1. The van der Waals surface area contributed by atoms with Gasteiger partial charge in [0.2, 0.25) is 0 Å². The van der Waals surface area contributed by atoms with E-state index < -0.39 is 0 Å². The van der Waals surface area contributed by atoms with Crippen LogP contribution in [0.25, 0.3) is 10.9 Å². The van der Waals surface area contributed by atoms with E-state index in [0.717, 1.165) is 48.5 Å². The summed E-state index contributed by atoms with van der Waals surface area (Å²) in [7, 11) is 0. The molecule has 0 bridgehead atoms. The van der Waals surface area contributed by atoms with Crippen molar-refractivity contribution in [2.75, 3.05) is 13.2 Å². The average molecular weight is 272 g/mol. The molecule has 1 heterocycles. The van der Waals surface area contributed by atoms with E-state index in [1.807, 2.05) is 18.2 Å². The minimum absolute atomic E-state index is 0.657. The van der Waals surface area contributed by atoms with Crippen LogP contribution in [0.1, 0.15) is 32.9 Å². The molecule has 0 atom stereocenters. The highest BCUT2D eigenvalue weighted by atomic mass is 16.5. The lowest BCUT2D eigenvalue weighted by molar-refractivity contribution is 0.292. The Labute approximate surface area is 121 Å². The van der Waals surface area contributed by atoms with Crippen LogP contribution in [0, 0.1) is 5.92 Å². The summed E-state index contributed by atoms with van der Waals surface area (Å²) in [6, 6.07) is 10.2. The van der Waals surface area contributed by atoms with Gasteiger partial charge in [-0.1, -0.05) is 32.9 Å². The summed E-state index contributed by atoms with van der Waals surface area (Å²) in [6.45, 7) is 9.00. The van der Waals surface area contributed by atoms with Gasteiger partial charge in [-0.25, -0.2) is 0 Å². The normalized spacial score (nSPS) is 11.2. The fourth-order valence-electron chi connectivity index (χ4n) is 2.06. The fourth-order valence-corrected chi connectivity index (χ4v) is 2.06. The quantitative estimate of drug-likeness (QED) is 0.833. The van der Waals surface area contributed by atoms with Gasteiger partial charge < -0.3 is 10.1 Å². The van der Waals surface area contributed by atoms with Gasteiger partial charge in [0, 0.05) is 18.0 Å². The van der Waals surface area contributed by atoms with E-state index in [1.54, 1.807) is 0 Å². The molecule has 0 fully saturated rings. The standard InChI is InChI=1S/C17H24N2O/c1-4-18-12-14-11-17(20-10-9-13(2)3)15-7-5-6-8-16(15)19-14/h5-8,11,13,18H,4,9-10,12H2,1-3H3. The maximum atomic E-state index is 5.98. The molecule has 0 saturated heterocycles. The number of aromatic nitrogens is 1. The van der Waals surface area contributed by atoms with E-state index >= 15 is 0 Å². The van der Waals surface area contributed by atoms with Crippen LogP contribution in [0.2, 0.25) is 0 Å². The summed E-state index contributed by atoms with van der Waals surface area (Å²) < 4.78 is 5.98. The Hall–Kier alpha value is -1.61. The number of hydrogen-bond acceptors (Lipinski definition) is 3. The molecule has 1 aromatic carbocycles. The molecular formula is C17H24N2O. The molecule has 0 amide bonds. The van der Waals surface area contributed by atoms with E-state index in [2.05, 4.69) is 43.2 Å². The lowest BCUT2D eigenvalue weighted by Crippen LogP contribution is -2.13. The van der Waals surface area contributed by atoms with Gasteiger partial charge >= 0.3 is 0 Å². The van der Waals surface area contributed by atoms with Crippen molar-refractivity contribution in [2.45, 2.75) is 33.7 Å². The Morgan fingerprint density at radius 2 is 2.05 bits per heavy atom. The van der Waals surface area contributed by atoms with Crippen LogP contribution >= 0.6 is 0 Å². The maximum absolute atomic E-state index is 5.98. The van der Waals surface area contributed by atoms with Crippen molar-refractivity contribution < 1.29 is 4.74 Å². The minimum atomic E-state index is 0.657. The van der Waals surface area contributed by atoms with Gasteiger partial charge in [0.15, 0.2) is 0 Å². The van der Waals surface area contributed by atoms with Gasteiger partial charge in [-0.2, -0.15) is 0 Å². The fraction of sp³-hybridized carbons (Fsp3) is 0.471. The topological polar surface area (TPSA) is 34.1 Å². The van der Waals surface area contributed by atoms with Gasteiger partial charge in [0.1, 0.15) is 5.75 Å². The first-order valence-electron chi connectivity index (χ1n) is 7.43. The zero-order valence-corrected chi connectivity index (χ0v) is 12.6. The molecule has 1 aromatic heterocycles. The van der Waals surface area contributed by atoms with E-state index in [-0.39, 0.29) is 0 Å². The predicted molar refractivity (Wildman–Crippen MR) is 84.1 cm³/mol. The number of rotatable bonds is 7. The van der Waals surface area contributed by atoms with Crippen molar-refractivity contribution in [1.29, 1.82) is 0 Å². The molecular weight excluding hydrogens is 248 g/mol. The van der Waals surface area contributed by atoms with Crippen LogP contribution in [-0.2, 0) is 6.54 Å². The first-order valence-corrected chi connectivity index (χ1v) is 7.43. The molecule has 0 saturated carbocycles. The third-order valence-electron chi connectivity index (χ3n) is 3.24. The molecule has 0 unspecified atom stereocenters. The predicted octanol–water partition coefficient (Wildman–Crippen LogP) is 3.77. The van der Waals surface area contributed by atoms with Gasteiger partial charge in [-0.15, -0.1) is 0 Å². The largest absolute Gasteiger partial charge is 0.493 e. The summed E-state index contributed by atoms with van der Waals surface area (Å²) in [6.07, 6.45) is 1.07. The first-order chi connectivity index (χ1) is 9.70. The molecule has 2 rings (SSSR count). The molecule has 0 aliphatic heterocycles. The molecule has 3 nitrogen and oxygen atoms in total.